The third-order valence-corrected chi connectivity index (χ3v) is 17.7. The Morgan fingerprint density at radius 2 is 0.812 bits per heavy atom. The van der Waals surface area contributed by atoms with Gasteiger partial charge in [0.25, 0.3) is 0 Å². The van der Waals surface area contributed by atoms with Gasteiger partial charge in [0.1, 0.15) is 11.6 Å². The highest BCUT2D eigenvalue weighted by Gasteiger charge is 2.56. The number of benzene rings is 6. The van der Waals surface area contributed by atoms with Crippen LogP contribution in [0.3, 0.4) is 0 Å². The molecule has 0 amide bonds. The van der Waals surface area contributed by atoms with E-state index < -0.39 is 0 Å². The lowest BCUT2D eigenvalue weighted by Crippen LogP contribution is -2.51. The highest BCUT2D eigenvalue weighted by molar-refractivity contribution is 6.13. The summed E-state index contributed by atoms with van der Waals surface area (Å²) in [7, 11) is 0. The third-order valence-electron chi connectivity index (χ3n) is 17.7. The highest BCUT2D eigenvalue weighted by Crippen LogP contribution is 2.63. The molecule has 0 aliphatic heterocycles. The summed E-state index contributed by atoms with van der Waals surface area (Å²) in [6.07, 6.45) is 16.0. The fourth-order valence-electron chi connectivity index (χ4n) is 16.1. The van der Waals surface area contributed by atoms with E-state index in [0.29, 0.717) is 0 Å². The molecule has 9 aromatic rings. The minimum absolute atomic E-state index is 0.0662. The number of para-hydroxylation sites is 4. The summed E-state index contributed by atoms with van der Waals surface area (Å²) in [5.41, 5.74) is 10.8. The van der Waals surface area contributed by atoms with Crippen LogP contribution in [0, 0.1) is 35.5 Å². The van der Waals surface area contributed by atoms with Crippen LogP contribution in [0.5, 0.6) is 0 Å². The monoisotopic (exact) mass is 831 g/mol. The van der Waals surface area contributed by atoms with E-state index in [1.54, 1.807) is 0 Å². The Bertz CT molecular complexity index is 3180. The number of aromatic nitrogens is 5. The van der Waals surface area contributed by atoms with E-state index in [2.05, 4.69) is 149 Å². The Morgan fingerprint density at radius 3 is 1.34 bits per heavy atom. The van der Waals surface area contributed by atoms with Crippen molar-refractivity contribution in [3.8, 4) is 33.9 Å². The van der Waals surface area contributed by atoms with E-state index in [9.17, 15) is 0 Å². The first-order valence-electron chi connectivity index (χ1n) is 24.5. The second kappa shape index (κ2) is 13.3. The standard InChI is InChI=1S/C59H53N5/c1-2-11-42(12-3-1)44-16-10-17-48(55-60-56(58-30-36-23-37(31-58)25-38(24-36)32-58)62-57(61-55)59-33-39-26-40(34-59)28-41(27-39)35-59)54(44)64-52-20-9-6-15-47(52)49-29-43(21-22-53(49)64)63-50-18-7-4-13-45(50)46-14-5-8-19-51(46)63/h1-22,29,36-41H,23-28,30-35H2. The van der Waals surface area contributed by atoms with Crippen molar-refractivity contribution in [3.05, 3.63) is 151 Å². The Morgan fingerprint density at radius 1 is 0.375 bits per heavy atom. The maximum absolute atomic E-state index is 5.86. The van der Waals surface area contributed by atoms with Gasteiger partial charge >= 0.3 is 0 Å². The summed E-state index contributed by atoms with van der Waals surface area (Å²) in [6, 6.07) is 51.8. The van der Waals surface area contributed by atoms with Crippen molar-refractivity contribution in [2.45, 2.75) is 87.9 Å². The van der Waals surface area contributed by atoms with E-state index in [1.165, 1.54) is 137 Å². The van der Waals surface area contributed by atoms with Crippen molar-refractivity contribution in [3.63, 3.8) is 0 Å². The van der Waals surface area contributed by atoms with Crippen molar-refractivity contribution in [2.24, 2.45) is 35.5 Å². The average Bonchev–Trinajstić information content (AvgIpc) is 3.83. The van der Waals surface area contributed by atoms with Crippen molar-refractivity contribution >= 4 is 43.6 Å². The Labute approximate surface area is 374 Å². The summed E-state index contributed by atoms with van der Waals surface area (Å²) < 4.78 is 5.00. The van der Waals surface area contributed by atoms with Crippen LogP contribution in [0.1, 0.15) is 88.7 Å². The van der Waals surface area contributed by atoms with Crippen LogP contribution in [-0.4, -0.2) is 24.1 Å². The maximum Gasteiger partial charge on any atom is 0.165 e. The minimum atomic E-state index is 0.0662. The van der Waals surface area contributed by atoms with Crippen LogP contribution < -0.4 is 0 Å². The molecule has 17 rings (SSSR count). The molecule has 8 aliphatic rings. The summed E-state index contributed by atoms with van der Waals surface area (Å²) in [4.78, 5) is 17.6. The Balaban J connectivity index is 0.993. The predicted molar refractivity (Wildman–Crippen MR) is 259 cm³/mol. The molecule has 0 spiro atoms. The molecule has 0 saturated heterocycles. The zero-order valence-corrected chi connectivity index (χ0v) is 36.5. The highest BCUT2D eigenvalue weighted by atomic mass is 15.1. The quantitative estimate of drug-likeness (QED) is 0.168. The number of fused-ring (bicyclic) bond motifs is 6. The van der Waals surface area contributed by atoms with Gasteiger partial charge in [0.15, 0.2) is 5.82 Å². The van der Waals surface area contributed by atoms with Crippen LogP contribution in [-0.2, 0) is 10.8 Å². The molecule has 5 heteroatoms. The third kappa shape index (κ3) is 5.21. The van der Waals surface area contributed by atoms with E-state index >= 15 is 0 Å². The van der Waals surface area contributed by atoms with Crippen molar-refractivity contribution in [1.82, 2.24) is 24.1 Å². The zero-order valence-electron chi connectivity index (χ0n) is 36.5. The molecule has 0 atom stereocenters. The lowest BCUT2D eigenvalue weighted by molar-refractivity contribution is -0.0155. The molecule has 8 bridgehead atoms. The number of rotatable bonds is 6. The molecule has 0 unspecified atom stereocenters. The summed E-state index contributed by atoms with van der Waals surface area (Å²) in [5.74, 6) is 8.05. The summed E-state index contributed by atoms with van der Waals surface area (Å²) in [5, 5.41) is 5.04. The molecular weight excluding hydrogens is 779 g/mol. The molecule has 5 nitrogen and oxygen atoms in total. The lowest BCUT2D eigenvalue weighted by atomic mass is 9.49. The van der Waals surface area contributed by atoms with Crippen molar-refractivity contribution in [1.29, 1.82) is 0 Å². The lowest BCUT2D eigenvalue weighted by Gasteiger charge is -2.57. The van der Waals surface area contributed by atoms with Gasteiger partial charge in [0.05, 0.1) is 27.8 Å². The van der Waals surface area contributed by atoms with Gasteiger partial charge in [-0.2, -0.15) is 0 Å². The van der Waals surface area contributed by atoms with Crippen LogP contribution >= 0.6 is 0 Å². The van der Waals surface area contributed by atoms with Crippen molar-refractivity contribution in [2.75, 3.05) is 0 Å². The fraction of sp³-hybridized carbons (Fsp3) is 0.339. The van der Waals surface area contributed by atoms with Gasteiger partial charge in [-0.15, -0.1) is 0 Å². The molecule has 8 fully saturated rings. The number of nitrogens with zero attached hydrogens (tertiary/aromatic N) is 5. The fourth-order valence-corrected chi connectivity index (χ4v) is 16.1. The number of hydrogen-bond donors (Lipinski definition) is 0. The Hall–Kier alpha value is -6.07. The summed E-state index contributed by atoms with van der Waals surface area (Å²) in [6.45, 7) is 0. The van der Waals surface area contributed by atoms with Gasteiger partial charge in [-0.1, -0.05) is 97.1 Å². The number of hydrogen-bond acceptors (Lipinski definition) is 3. The predicted octanol–water partition coefficient (Wildman–Crippen LogP) is 14.3. The second-order valence-electron chi connectivity index (χ2n) is 21.7. The largest absolute Gasteiger partial charge is 0.309 e. The van der Waals surface area contributed by atoms with Crippen LogP contribution in [0.4, 0.5) is 0 Å². The van der Waals surface area contributed by atoms with Gasteiger partial charge in [-0.25, -0.2) is 15.0 Å². The van der Waals surface area contributed by atoms with E-state index in [4.69, 9.17) is 15.0 Å². The first-order valence-corrected chi connectivity index (χ1v) is 24.5. The van der Waals surface area contributed by atoms with Gasteiger partial charge in [-0.05, 0) is 161 Å². The van der Waals surface area contributed by atoms with Crippen LogP contribution in [0.15, 0.2) is 140 Å². The van der Waals surface area contributed by atoms with E-state index in [0.717, 1.165) is 64.2 Å². The molecule has 3 aromatic heterocycles. The van der Waals surface area contributed by atoms with Crippen LogP contribution in [0.25, 0.3) is 77.5 Å². The van der Waals surface area contributed by atoms with Gasteiger partial charge in [-0.3, -0.25) is 0 Å². The minimum Gasteiger partial charge on any atom is -0.309 e. The molecule has 8 saturated carbocycles. The first-order chi connectivity index (χ1) is 31.5. The molecule has 3 heterocycles. The van der Waals surface area contributed by atoms with Gasteiger partial charge in [0, 0.05) is 49.2 Å². The smallest absolute Gasteiger partial charge is 0.165 e. The molecule has 0 N–H and O–H groups in total. The molecule has 8 aliphatic carbocycles. The average molecular weight is 832 g/mol. The molecule has 0 radical (unpaired) electrons. The van der Waals surface area contributed by atoms with Crippen molar-refractivity contribution < 1.29 is 0 Å². The van der Waals surface area contributed by atoms with Gasteiger partial charge < -0.3 is 9.13 Å². The molecule has 64 heavy (non-hydrogen) atoms. The molecule has 314 valence electrons. The second-order valence-corrected chi connectivity index (χ2v) is 21.7. The summed E-state index contributed by atoms with van der Waals surface area (Å²) >= 11 is 0. The van der Waals surface area contributed by atoms with E-state index in [-0.39, 0.29) is 10.8 Å². The Kier molecular flexibility index (Phi) is 7.51. The first kappa shape index (κ1) is 36.3. The topological polar surface area (TPSA) is 48.5 Å². The zero-order chi connectivity index (χ0) is 41.7. The molecule has 6 aromatic carbocycles. The van der Waals surface area contributed by atoms with Crippen LogP contribution in [0.2, 0.25) is 0 Å². The SMILES string of the molecule is c1ccc(-c2cccc(-c3nc(C45CC6CC(CC(C6)C4)C5)nc(C45CC6CC(CC(C6)C4)C5)n3)c2-n2c3ccccc3c3cc(-n4c5ccccc5c5ccccc54)ccc32)cc1. The molecular formula is C59H53N5. The van der Waals surface area contributed by atoms with E-state index in [1.807, 2.05) is 0 Å². The normalized spacial score (nSPS) is 28.9. The maximum atomic E-state index is 5.86. The van der Waals surface area contributed by atoms with Gasteiger partial charge in [0.2, 0.25) is 0 Å².